The molecule has 8 nitrogen and oxygen atoms in total. The molecule has 182 valence electrons. The van der Waals surface area contributed by atoms with Crippen molar-refractivity contribution in [1.29, 1.82) is 0 Å². The molecule has 0 saturated carbocycles. The minimum atomic E-state index is -3.73. The molecule has 10 heteroatoms. The van der Waals surface area contributed by atoms with Crippen LogP contribution in [-0.4, -0.2) is 37.4 Å². The number of thiazole rings is 1. The van der Waals surface area contributed by atoms with E-state index in [-0.39, 0.29) is 23.6 Å². The molecule has 34 heavy (non-hydrogen) atoms. The predicted octanol–water partition coefficient (Wildman–Crippen LogP) is 4.68. The molecule has 0 fully saturated rings. The molecule has 0 bridgehead atoms. The Morgan fingerprint density at radius 3 is 2.59 bits per heavy atom. The molecule has 0 spiro atoms. The molecule has 3 N–H and O–H groups in total. The van der Waals surface area contributed by atoms with Crippen LogP contribution in [0.5, 0.6) is 11.5 Å². The van der Waals surface area contributed by atoms with Gasteiger partial charge in [-0.25, -0.2) is 13.2 Å². The number of carbonyl (C=O) groups is 1. The van der Waals surface area contributed by atoms with Crippen molar-refractivity contribution < 1.29 is 23.1 Å². The average molecular weight is 504 g/mol. The molecule has 1 aromatic heterocycles. The fraction of sp³-hybridized carbons (Fsp3) is 0.333. The predicted molar refractivity (Wildman–Crippen MR) is 134 cm³/mol. The number of amides is 1. The Bertz CT molecular complexity index is 1200. The van der Waals surface area contributed by atoms with Gasteiger partial charge in [-0.05, 0) is 18.1 Å². The van der Waals surface area contributed by atoms with Gasteiger partial charge in [-0.1, -0.05) is 50.1 Å². The molecule has 3 rings (SSSR count). The molecule has 0 aliphatic heterocycles. The van der Waals surface area contributed by atoms with E-state index in [2.05, 4.69) is 21.9 Å². The molecule has 2 aromatic carbocycles. The highest BCUT2D eigenvalue weighted by Crippen LogP contribution is 2.41. The van der Waals surface area contributed by atoms with Crippen LogP contribution in [0.1, 0.15) is 47.8 Å². The van der Waals surface area contributed by atoms with E-state index in [9.17, 15) is 18.3 Å². The summed E-state index contributed by atoms with van der Waals surface area (Å²) in [4.78, 5) is 17.4. The number of aromatic nitrogens is 1. The molecule has 0 saturated heterocycles. The summed E-state index contributed by atoms with van der Waals surface area (Å²) in [6.45, 7) is 2.51. The Balaban J connectivity index is 2.04. The zero-order valence-corrected chi connectivity index (χ0v) is 20.8. The number of phenols is 1. The van der Waals surface area contributed by atoms with Gasteiger partial charge in [0.1, 0.15) is 5.75 Å². The number of nitrogens with zero attached hydrogens (tertiary/aromatic N) is 1. The fourth-order valence-corrected chi connectivity index (χ4v) is 4.67. The van der Waals surface area contributed by atoms with Crippen LogP contribution in [0.25, 0.3) is 0 Å². The lowest BCUT2D eigenvalue weighted by atomic mass is 9.97. The van der Waals surface area contributed by atoms with E-state index in [1.54, 1.807) is 11.7 Å². The molecule has 0 aliphatic rings. The van der Waals surface area contributed by atoms with Crippen LogP contribution in [0.15, 0.2) is 48.1 Å². The van der Waals surface area contributed by atoms with E-state index >= 15 is 0 Å². The van der Waals surface area contributed by atoms with Crippen LogP contribution in [0, 0.1) is 0 Å². The van der Waals surface area contributed by atoms with Gasteiger partial charge in [0, 0.05) is 41.6 Å². The molecule has 0 aliphatic carbocycles. The number of nitrogens with one attached hydrogen (secondary N) is 2. The topological polar surface area (TPSA) is 118 Å². The molecule has 3 aromatic rings. The first-order valence-electron chi connectivity index (χ1n) is 11.0. The van der Waals surface area contributed by atoms with Gasteiger partial charge < -0.3 is 15.2 Å². The van der Waals surface area contributed by atoms with Gasteiger partial charge in [0.2, 0.25) is 10.0 Å². The second-order valence-electron chi connectivity index (χ2n) is 7.94. The minimum Gasteiger partial charge on any atom is -0.507 e. The monoisotopic (exact) mass is 503 g/mol. The third-order valence-corrected chi connectivity index (χ3v) is 6.41. The van der Waals surface area contributed by atoms with Crippen molar-refractivity contribution >= 4 is 33.1 Å². The van der Waals surface area contributed by atoms with Gasteiger partial charge in [0.25, 0.3) is 0 Å². The Hall–Kier alpha value is -3.11. The normalized spacial score (nSPS) is 11.2. The number of benzene rings is 2. The zero-order valence-electron chi connectivity index (χ0n) is 19.2. The third kappa shape index (κ3) is 7.46. The van der Waals surface area contributed by atoms with E-state index in [4.69, 9.17) is 4.74 Å². The Kier molecular flexibility index (Phi) is 8.89. The van der Waals surface area contributed by atoms with Crippen molar-refractivity contribution in [2.24, 2.45) is 0 Å². The van der Waals surface area contributed by atoms with Gasteiger partial charge in [-0.3, -0.25) is 9.71 Å². The summed E-state index contributed by atoms with van der Waals surface area (Å²) in [6, 6.07) is 11.0. The van der Waals surface area contributed by atoms with Gasteiger partial charge in [0.05, 0.1) is 17.5 Å². The SMILES string of the molecule is CCCCCNC(=O)Oc1cc(Cc2ccccc2)c(O)c(Cc2cncs2)c1NS(C)(=O)=O. The van der Waals surface area contributed by atoms with E-state index in [1.807, 2.05) is 30.3 Å². The van der Waals surface area contributed by atoms with Crippen molar-refractivity contribution in [3.63, 3.8) is 0 Å². The molecule has 0 radical (unpaired) electrons. The van der Waals surface area contributed by atoms with Crippen molar-refractivity contribution in [2.75, 3.05) is 17.5 Å². The maximum atomic E-state index is 12.5. The summed E-state index contributed by atoms with van der Waals surface area (Å²) < 4.78 is 32.3. The van der Waals surface area contributed by atoms with Gasteiger partial charge >= 0.3 is 6.09 Å². The van der Waals surface area contributed by atoms with Gasteiger partial charge in [-0.2, -0.15) is 0 Å². The van der Waals surface area contributed by atoms with Crippen LogP contribution in [0.2, 0.25) is 0 Å². The lowest BCUT2D eigenvalue weighted by molar-refractivity contribution is 0.200. The number of carbonyl (C=O) groups excluding carboxylic acids is 1. The number of hydrogen-bond acceptors (Lipinski definition) is 7. The molecule has 0 unspecified atom stereocenters. The lowest BCUT2D eigenvalue weighted by Gasteiger charge is -2.19. The van der Waals surface area contributed by atoms with Crippen LogP contribution in [0.3, 0.4) is 0 Å². The Morgan fingerprint density at radius 1 is 1.18 bits per heavy atom. The second-order valence-corrected chi connectivity index (χ2v) is 10.7. The minimum absolute atomic E-state index is 0.0293. The maximum Gasteiger partial charge on any atom is 0.412 e. The zero-order chi connectivity index (χ0) is 24.6. The number of unbranched alkanes of at least 4 members (excludes halogenated alkanes) is 2. The van der Waals surface area contributed by atoms with E-state index in [0.717, 1.165) is 36.0 Å². The number of phenolic OH excluding ortho intramolecular Hbond substituents is 1. The smallest absolute Gasteiger partial charge is 0.412 e. The largest absolute Gasteiger partial charge is 0.507 e. The summed E-state index contributed by atoms with van der Waals surface area (Å²) in [5, 5.41) is 13.9. The quantitative estimate of drug-likeness (QED) is 0.327. The van der Waals surface area contributed by atoms with Crippen LogP contribution < -0.4 is 14.8 Å². The Morgan fingerprint density at radius 2 is 1.94 bits per heavy atom. The fourth-order valence-electron chi connectivity index (χ4n) is 3.47. The second kappa shape index (κ2) is 11.8. The molecule has 1 amide bonds. The van der Waals surface area contributed by atoms with Crippen LogP contribution in [-0.2, 0) is 22.9 Å². The summed E-state index contributed by atoms with van der Waals surface area (Å²) >= 11 is 1.38. The van der Waals surface area contributed by atoms with E-state index in [1.165, 1.54) is 17.4 Å². The standard InChI is InChI=1S/C24H29N3O5S2/c1-3-4-8-11-26-24(29)32-21-13-18(12-17-9-6-5-7-10-17)23(28)20(14-19-15-25-16-33-19)22(21)27-34(2,30)31/h5-7,9-10,13,15-16,27-28H,3-4,8,11-12,14H2,1-2H3,(H,26,29). The molecular formula is C24H29N3O5S2. The summed E-state index contributed by atoms with van der Waals surface area (Å²) in [6.07, 6.45) is 5.36. The molecule has 0 atom stereocenters. The first-order valence-corrected chi connectivity index (χ1v) is 13.8. The summed E-state index contributed by atoms with van der Waals surface area (Å²) in [5.74, 6) is -0.0271. The number of sulfonamides is 1. The molecular weight excluding hydrogens is 474 g/mol. The maximum absolute atomic E-state index is 12.5. The summed E-state index contributed by atoms with van der Waals surface area (Å²) in [7, 11) is -3.73. The first kappa shape index (κ1) is 25.5. The van der Waals surface area contributed by atoms with Crippen molar-refractivity contribution in [2.45, 2.75) is 39.0 Å². The number of anilines is 1. The number of aromatic hydroxyl groups is 1. The third-order valence-electron chi connectivity index (χ3n) is 5.06. The van der Waals surface area contributed by atoms with Crippen molar-refractivity contribution in [3.05, 3.63) is 69.7 Å². The highest BCUT2D eigenvalue weighted by atomic mass is 32.2. The number of rotatable bonds is 11. The lowest BCUT2D eigenvalue weighted by Crippen LogP contribution is -2.28. The molecule has 1 heterocycles. The van der Waals surface area contributed by atoms with Gasteiger partial charge in [-0.15, -0.1) is 11.3 Å². The average Bonchev–Trinajstić information content (AvgIpc) is 3.30. The van der Waals surface area contributed by atoms with Crippen LogP contribution in [0.4, 0.5) is 10.5 Å². The Labute approximate surface area is 204 Å². The van der Waals surface area contributed by atoms with Gasteiger partial charge in [0.15, 0.2) is 5.75 Å². The summed E-state index contributed by atoms with van der Waals surface area (Å²) in [5.41, 5.74) is 3.47. The van der Waals surface area contributed by atoms with Crippen LogP contribution >= 0.6 is 11.3 Å². The number of ether oxygens (including phenoxy) is 1. The highest BCUT2D eigenvalue weighted by molar-refractivity contribution is 7.92. The number of hydrogen-bond donors (Lipinski definition) is 3. The first-order chi connectivity index (χ1) is 16.3. The van der Waals surface area contributed by atoms with E-state index < -0.39 is 16.1 Å². The van der Waals surface area contributed by atoms with Crippen molar-refractivity contribution in [1.82, 2.24) is 10.3 Å². The highest BCUT2D eigenvalue weighted by Gasteiger charge is 2.23. The van der Waals surface area contributed by atoms with E-state index in [0.29, 0.717) is 24.1 Å². The van der Waals surface area contributed by atoms with Crippen molar-refractivity contribution in [3.8, 4) is 11.5 Å².